The summed E-state index contributed by atoms with van der Waals surface area (Å²) in [6.07, 6.45) is 11.4. The van der Waals surface area contributed by atoms with Gasteiger partial charge in [0.2, 0.25) is 0 Å². The van der Waals surface area contributed by atoms with Gasteiger partial charge in [0.05, 0.1) is 34.6 Å². The molecule has 0 aromatic carbocycles. The van der Waals surface area contributed by atoms with Crippen molar-refractivity contribution in [2.45, 2.75) is 168 Å². The molecule has 0 spiro atoms. The number of allylic oxidation sites excluding steroid dienone is 2. The molecule has 214 valence electrons. The van der Waals surface area contributed by atoms with Crippen molar-refractivity contribution in [2.75, 3.05) is 0 Å². The van der Waals surface area contributed by atoms with Gasteiger partial charge in [-0.1, -0.05) is 52.0 Å². The molecule has 0 bridgehead atoms. The lowest BCUT2D eigenvalue weighted by molar-refractivity contribution is -0.271. The number of hydrogen-bond donors (Lipinski definition) is 0. The SMILES string of the molecule is C=C(C)[C@H](C)CC[C@]1(C)O[C@@](C)([C@@H]2CC[C@H]([C@]3(C)CC[C@@H](C)[C@](C)(CC[C@H](C)C(=C)C)O3)O2)CC[C@H]1C. The largest absolute Gasteiger partial charge is 0.369 e. The van der Waals surface area contributed by atoms with Crippen LogP contribution in [0.3, 0.4) is 0 Å². The van der Waals surface area contributed by atoms with Crippen molar-refractivity contribution in [3.8, 4) is 0 Å². The summed E-state index contributed by atoms with van der Waals surface area (Å²) in [6.45, 7) is 31.3. The van der Waals surface area contributed by atoms with Crippen molar-refractivity contribution in [2.24, 2.45) is 23.7 Å². The predicted octanol–water partition coefficient (Wildman–Crippen LogP) is 9.45. The van der Waals surface area contributed by atoms with Crippen LogP contribution >= 0.6 is 0 Å². The Balaban J connectivity index is 1.67. The van der Waals surface area contributed by atoms with Crippen molar-refractivity contribution in [3.63, 3.8) is 0 Å². The van der Waals surface area contributed by atoms with Crippen molar-refractivity contribution in [3.05, 3.63) is 24.3 Å². The average molecular weight is 517 g/mol. The molecule has 0 saturated carbocycles. The van der Waals surface area contributed by atoms with Gasteiger partial charge in [-0.15, -0.1) is 0 Å². The van der Waals surface area contributed by atoms with E-state index in [1.165, 1.54) is 24.0 Å². The Kier molecular flexibility index (Phi) is 9.57. The highest BCUT2D eigenvalue weighted by atomic mass is 16.6. The molecule has 3 heteroatoms. The van der Waals surface area contributed by atoms with Crippen molar-refractivity contribution in [1.29, 1.82) is 0 Å². The minimum atomic E-state index is -0.235. The Morgan fingerprint density at radius 1 is 0.703 bits per heavy atom. The van der Waals surface area contributed by atoms with E-state index in [2.05, 4.69) is 82.4 Å². The van der Waals surface area contributed by atoms with Gasteiger partial charge in [0, 0.05) is 0 Å². The van der Waals surface area contributed by atoms with E-state index >= 15 is 0 Å². The fraction of sp³-hybridized carbons (Fsp3) is 0.882. The Labute approximate surface area is 230 Å². The Morgan fingerprint density at radius 3 is 1.38 bits per heavy atom. The fourth-order valence-electron chi connectivity index (χ4n) is 7.07. The zero-order chi connectivity index (χ0) is 27.8. The van der Waals surface area contributed by atoms with Crippen LogP contribution in [0.2, 0.25) is 0 Å². The lowest BCUT2D eigenvalue weighted by Crippen LogP contribution is -2.57. The molecular formula is C34H60O3. The normalized spacial score (nSPS) is 44.4. The van der Waals surface area contributed by atoms with Gasteiger partial charge in [-0.3, -0.25) is 0 Å². The topological polar surface area (TPSA) is 27.7 Å². The second-order valence-corrected chi connectivity index (χ2v) is 14.6. The third kappa shape index (κ3) is 6.75. The molecule has 3 heterocycles. The highest BCUT2D eigenvalue weighted by Gasteiger charge is 2.55. The maximum atomic E-state index is 7.10. The summed E-state index contributed by atoms with van der Waals surface area (Å²) >= 11 is 0. The first-order valence-corrected chi connectivity index (χ1v) is 15.4. The van der Waals surface area contributed by atoms with Gasteiger partial charge >= 0.3 is 0 Å². The molecule has 3 aliphatic rings. The van der Waals surface area contributed by atoms with Crippen molar-refractivity contribution in [1.82, 2.24) is 0 Å². The minimum absolute atomic E-state index is 0.114. The first kappa shape index (κ1) is 30.9. The summed E-state index contributed by atoms with van der Waals surface area (Å²) < 4.78 is 21.1. The van der Waals surface area contributed by atoms with E-state index in [4.69, 9.17) is 14.2 Å². The molecule has 3 nitrogen and oxygen atoms in total. The van der Waals surface area contributed by atoms with E-state index in [1.54, 1.807) is 0 Å². The molecule has 0 aliphatic carbocycles. The average Bonchev–Trinajstić information content (AvgIpc) is 3.34. The van der Waals surface area contributed by atoms with Crippen molar-refractivity contribution < 1.29 is 14.2 Å². The highest BCUT2D eigenvalue weighted by molar-refractivity contribution is 5.05. The number of rotatable bonds is 10. The lowest BCUT2D eigenvalue weighted by atomic mass is 9.73. The summed E-state index contributed by atoms with van der Waals surface area (Å²) in [5.41, 5.74) is 1.84. The quantitative estimate of drug-likeness (QED) is 0.271. The van der Waals surface area contributed by atoms with Crippen LogP contribution in [0.15, 0.2) is 24.3 Å². The first-order valence-electron chi connectivity index (χ1n) is 15.4. The zero-order valence-electron chi connectivity index (χ0n) is 26.2. The number of hydrogen-bond acceptors (Lipinski definition) is 3. The van der Waals surface area contributed by atoms with Crippen LogP contribution in [0.5, 0.6) is 0 Å². The molecule has 10 atom stereocenters. The summed E-state index contributed by atoms with van der Waals surface area (Å²) in [5, 5.41) is 0. The van der Waals surface area contributed by atoms with Crippen LogP contribution in [0.1, 0.15) is 133 Å². The highest BCUT2D eigenvalue weighted by Crippen LogP contribution is 2.51. The summed E-state index contributed by atoms with van der Waals surface area (Å²) in [7, 11) is 0. The molecule has 3 fully saturated rings. The van der Waals surface area contributed by atoms with Gasteiger partial charge in [-0.2, -0.15) is 0 Å². The molecule has 0 aromatic rings. The molecule has 3 aliphatic heterocycles. The first-order chi connectivity index (χ1) is 17.0. The van der Waals surface area contributed by atoms with Gasteiger partial charge in [-0.25, -0.2) is 0 Å². The molecule has 0 N–H and O–H groups in total. The van der Waals surface area contributed by atoms with Gasteiger partial charge in [0.1, 0.15) is 0 Å². The molecule has 0 radical (unpaired) electrons. The van der Waals surface area contributed by atoms with Crippen LogP contribution in [-0.4, -0.2) is 34.6 Å². The second-order valence-electron chi connectivity index (χ2n) is 14.6. The van der Waals surface area contributed by atoms with Gasteiger partial charge in [0.15, 0.2) is 0 Å². The van der Waals surface area contributed by atoms with E-state index in [1.807, 2.05) is 0 Å². The van der Waals surface area contributed by atoms with Gasteiger partial charge in [-0.05, 0) is 129 Å². The smallest absolute Gasteiger partial charge is 0.0922 e. The number of ether oxygens (including phenoxy) is 3. The Morgan fingerprint density at radius 2 is 1.05 bits per heavy atom. The van der Waals surface area contributed by atoms with Crippen LogP contribution in [-0.2, 0) is 14.2 Å². The second kappa shape index (κ2) is 11.5. The lowest BCUT2D eigenvalue weighted by Gasteiger charge is -2.53. The van der Waals surface area contributed by atoms with Gasteiger partial charge in [0.25, 0.3) is 0 Å². The Hall–Kier alpha value is -0.640. The van der Waals surface area contributed by atoms with E-state index in [9.17, 15) is 0 Å². The summed E-state index contributed by atoms with van der Waals surface area (Å²) in [4.78, 5) is 0. The summed E-state index contributed by atoms with van der Waals surface area (Å²) in [5.74, 6) is 2.17. The predicted molar refractivity (Wildman–Crippen MR) is 157 cm³/mol. The van der Waals surface area contributed by atoms with Gasteiger partial charge < -0.3 is 14.2 Å². The standard InChI is InChI=1S/C34H60O3/c1-23(2)25(5)15-19-31(9)27(7)17-21-33(11,36-31)29-13-14-30(35-29)34(12)22-18-28(8)32(10,37-34)20-16-26(6)24(3)4/h25-30H,1,3,13-22H2,2,4-12H3/t25-,26+,27-,28-,29+,30-,31+,32+,33-,34+/m1/s1. The fourth-order valence-corrected chi connectivity index (χ4v) is 7.07. The molecule has 0 amide bonds. The molecule has 3 rings (SSSR count). The summed E-state index contributed by atoms with van der Waals surface area (Å²) in [6, 6.07) is 0. The third-order valence-electron chi connectivity index (χ3n) is 11.4. The molecule has 0 aromatic heterocycles. The van der Waals surface area contributed by atoms with Crippen molar-refractivity contribution >= 4 is 0 Å². The van der Waals surface area contributed by atoms with E-state index in [-0.39, 0.29) is 34.6 Å². The van der Waals surface area contributed by atoms with Crippen LogP contribution in [0.25, 0.3) is 0 Å². The monoisotopic (exact) mass is 516 g/mol. The molecular weight excluding hydrogens is 456 g/mol. The van der Waals surface area contributed by atoms with Crippen LogP contribution in [0, 0.1) is 23.7 Å². The molecule has 37 heavy (non-hydrogen) atoms. The van der Waals surface area contributed by atoms with E-state index < -0.39 is 0 Å². The molecule has 3 saturated heterocycles. The third-order valence-corrected chi connectivity index (χ3v) is 11.4. The van der Waals surface area contributed by atoms with E-state index in [0.29, 0.717) is 23.7 Å². The minimum Gasteiger partial charge on any atom is -0.369 e. The maximum Gasteiger partial charge on any atom is 0.0922 e. The maximum absolute atomic E-state index is 7.10. The van der Waals surface area contributed by atoms with E-state index in [0.717, 1.165) is 51.4 Å². The van der Waals surface area contributed by atoms with Crippen LogP contribution < -0.4 is 0 Å². The molecule has 0 unspecified atom stereocenters. The van der Waals surface area contributed by atoms with Crippen LogP contribution in [0.4, 0.5) is 0 Å². The zero-order valence-corrected chi connectivity index (χ0v) is 26.2. The Bertz CT molecular complexity index is 754.